The number of likely N-dealkylation sites (tertiary alicyclic amines) is 1. The van der Waals surface area contributed by atoms with Gasteiger partial charge in [0.15, 0.2) is 0 Å². The Morgan fingerprint density at radius 1 is 1.24 bits per heavy atom. The number of anilines is 1. The Hall–Kier alpha value is -2.53. The molecule has 0 bridgehead atoms. The quantitative estimate of drug-likeness (QED) is 0.878. The second-order valence-corrected chi connectivity index (χ2v) is 6.33. The van der Waals surface area contributed by atoms with Gasteiger partial charge in [-0.05, 0) is 43.2 Å². The van der Waals surface area contributed by atoms with Crippen molar-refractivity contribution in [1.82, 2.24) is 4.90 Å². The molecule has 1 saturated heterocycles. The third-order valence-corrected chi connectivity index (χ3v) is 4.27. The topological polar surface area (TPSA) is 50.8 Å². The van der Waals surface area contributed by atoms with Gasteiger partial charge < -0.3 is 14.8 Å². The average molecular weight is 340 g/mol. The van der Waals surface area contributed by atoms with E-state index in [2.05, 4.69) is 10.2 Å². The van der Waals surface area contributed by atoms with E-state index in [0.29, 0.717) is 18.0 Å². The number of carbonyl (C=O) groups is 1. The van der Waals surface area contributed by atoms with E-state index in [1.54, 1.807) is 7.11 Å². The van der Waals surface area contributed by atoms with Gasteiger partial charge in [0.1, 0.15) is 17.6 Å². The van der Waals surface area contributed by atoms with Crippen molar-refractivity contribution < 1.29 is 14.3 Å². The van der Waals surface area contributed by atoms with Crippen molar-refractivity contribution >= 4 is 11.6 Å². The van der Waals surface area contributed by atoms with Crippen LogP contribution in [0.1, 0.15) is 12.0 Å². The normalized spacial score (nSPS) is 17.3. The number of nitrogens with one attached hydrogen (secondary N) is 1. The summed E-state index contributed by atoms with van der Waals surface area (Å²) < 4.78 is 11.3. The van der Waals surface area contributed by atoms with Gasteiger partial charge in [-0.15, -0.1) is 0 Å². The standard InChI is InChI=1S/C20H24N2O3/c1-15-8-9-19(24-2)18(12-15)21-20(23)14-22-11-10-17(13-22)25-16-6-4-3-5-7-16/h3-9,12,17H,10-11,13-14H2,1-2H3,(H,21,23)/t17-/m0/s1. The van der Waals surface area contributed by atoms with Crippen LogP contribution in [0.3, 0.4) is 0 Å². The Kier molecular flexibility index (Phi) is 5.56. The Morgan fingerprint density at radius 3 is 2.80 bits per heavy atom. The van der Waals surface area contributed by atoms with Crippen LogP contribution in [0.4, 0.5) is 5.69 Å². The van der Waals surface area contributed by atoms with Crippen LogP contribution in [0.15, 0.2) is 48.5 Å². The lowest BCUT2D eigenvalue weighted by molar-refractivity contribution is -0.117. The van der Waals surface area contributed by atoms with Gasteiger partial charge in [-0.2, -0.15) is 0 Å². The van der Waals surface area contributed by atoms with E-state index >= 15 is 0 Å². The van der Waals surface area contributed by atoms with Crippen molar-refractivity contribution in [2.45, 2.75) is 19.4 Å². The van der Waals surface area contributed by atoms with Crippen LogP contribution in [-0.4, -0.2) is 43.7 Å². The molecular weight excluding hydrogens is 316 g/mol. The van der Waals surface area contributed by atoms with Crippen molar-refractivity contribution in [3.05, 3.63) is 54.1 Å². The SMILES string of the molecule is COc1ccc(C)cc1NC(=O)CN1CC[C@H](Oc2ccccc2)C1. The predicted molar refractivity (Wildman–Crippen MR) is 98.3 cm³/mol. The third kappa shape index (κ3) is 4.73. The molecule has 1 atom stereocenters. The number of amides is 1. The third-order valence-electron chi connectivity index (χ3n) is 4.27. The Bertz CT molecular complexity index is 718. The molecule has 0 saturated carbocycles. The monoisotopic (exact) mass is 340 g/mol. The maximum Gasteiger partial charge on any atom is 0.238 e. The van der Waals surface area contributed by atoms with Crippen LogP contribution in [0.5, 0.6) is 11.5 Å². The van der Waals surface area contributed by atoms with E-state index < -0.39 is 0 Å². The molecule has 1 N–H and O–H groups in total. The molecule has 2 aromatic rings. The number of hydrogen-bond donors (Lipinski definition) is 1. The molecule has 1 amide bonds. The van der Waals surface area contributed by atoms with Crippen molar-refractivity contribution in [2.75, 3.05) is 32.1 Å². The van der Waals surface area contributed by atoms with E-state index in [-0.39, 0.29) is 12.0 Å². The van der Waals surface area contributed by atoms with Gasteiger partial charge in [-0.1, -0.05) is 24.3 Å². The summed E-state index contributed by atoms with van der Waals surface area (Å²) in [5, 5.41) is 2.95. The molecule has 1 aliphatic heterocycles. The molecule has 0 spiro atoms. The highest BCUT2D eigenvalue weighted by Gasteiger charge is 2.25. The second kappa shape index (κ2) is 8.03. The van der Waals surface area contributed by atoms with Gasteiger partial charge in [0.25, 0.3) is 0 Å². The minimum Gasteiger partial charge on any atom is -0.495 e. The molecular formula is C20H24N2O3. The predicted octanol–water partition coefficient (Wildman–Crippen LogP) is 3.10. The molecule has 132 valence electrons. The maximum atomic E-state index is 12.4. The highest BCUT2D eigenvalue weighted by Crippen LogP contribution is 2.25. The summed E-state index contributed by atoms with van der Waals surface area (Å²) >= 11 is 0. The number of rotatable bonds is 6. The van der Waals surface area contributed by atoms with Gasteiger partial charge in [-0.25, -0.2) is 0 Å². The average Bonchev–Trinajstić information content (AvgIpc) is 3.02. The zero-order valence-corrected chi connectivity index (χ0v) is 14.7. The number of methoxy groups -OCH3 is 1. The lowest BCUT2D eigenvalue weighted by Gasteiger charge is -2.17. The van der Waals surface area contributed by atoms with Gasteiger partial charge in [0.2, 0.25) is 5.91 Å². The van der Waals surface area contributed by atoms with Gasteiger partial charge in [0, 0.05) is 13.1 Å². The summed E-state index contributed by atoms with van der Waals surface area (Å²) in [7, 11) is 1.60. The number of para-hydroxylation sites is 1. The number of nitrogens with zero attached hydrogens (tertiary/aromatic N) is 1. The summed E-state index contributed by atoms with van der Waals surface area (Å²) in [6.07, 6.45) is 1.05. The Morgan fingerprint density at radius 2 is 2.04 bits per heavy atom. The van der Waals surface area contributed by atoms with Crippen LogP contribution < -0.4 is 14.8 Å². The summed E-state index contributed by atoms with van der Waals surface area (Å²) in [6.45, 7) is 3.95. The molecule has 0 aromatic heterocycles. The molecule has 0 aliphatic carbocycles. The molecule has 5 heteroatoms. The molecule has 25 heavy (non-hydrogen) atoms. The van der Waals surface area contributed by atoms with Gasteiger partial charge in [-0.3, -0.25) is 9.69 Å². The first-order valence-electron chi connectivity index (χ1n) is 8.52. The van der Waals surface area contributed by atoms with Gasteiger partial charge in [0.05, 0.1) is 19.3 Å². The molecule has 1 fully saturated rings. The zero-order valence-electron chi connectivity index (χ0n) is 14.7. The Labute approximate surface area is 148 Å². The summed E-state index contributed by atoms with van der Waals surface area (Å²) in [5.74, 6) is 1.51. The molecule has 2 aromatic carbocycles. The van der Waals surface area contributed by atoms with Crippen molar-refractivity contribution in [2.24, 2.45) is 0 Å². The molecule has 1 aliphatic rings. The fourth-order valence-corrected chi connectivity index (χ4v) is 3.04. The minimum atomic E-state index is -0.0377. The lowest BCUT2D eigenvalue weighted by Crippen LogP contribution is -2.33. The molecule has 0 radical (unpaired) electrons. The summed E-state index contributed by atoms with van der Waals surface area (Å²) in [4.78, 5) is 14.5. The van der Waals surface area contributed by atoms with Crippen LogP contribution in [0, 0.1) is 6.92 Å². The lowest BCUT2D eigenvalue weighted by atomic mass is 10.2. The van der Waals surface area contributed by atoms with E-state index in [0.717, 1.165) is 30.8 Å². The van der Waals surface area contributed by atoms with Crippen molar-refractivity contribution in [3.63, 3.8) is 0 Å². The molecule has 0 unspecified atom stereocenters. The van der Waals surface area contributed by atoms with E-state index in [1.807, 2.05) is 55.5 Å². The fraction of sp³-hybridized carbons (Fsp3) is 0.350. The van der Waals surface area contributed by atoms with Crippen LogP contribution >= 0.6 is 0 Å². The number of aryl methyl sites for hydroxylation is 1. The summed E-state index contributed by atoms with van der Waals surface area (Å²) in [6, 6.07) is 15.6. The first kappa shape index (κ1) is 17.3. The highest BCUT2D eigenvalue weighted by atomic mass is 16.5. The molecule has 3 rings (SSSR count). The van der Waals surface area contributed by atoms with E-state index in [1.165, 1.54) is 0 Å². The van der Waals surface area contributed by atoms with Crippen molar-refractivity contribution in [3.8, 4) is 11.5 Å². The van der Waals surface area contributed by atoms with Crippen LogP contribution in [0.25, 0.3) is 0 Å². The van der Waals surface area contributed by atoms with Crippen LogP contribution in [-0.2, 0) is 4.79 Å². The van der Waals surface area contributed by atoms with Crippen LogP contribution in [0.2, 0.25) is 0 Å². The largest absolute Gasteiger partial charge is 0.495 e. The molecule has 1 heterocycles. The smallest absolute Gasteiger partial charge is 0.238 e. The van der Waals surface area contributed by atoms with E-state index in [9.17, 15) is 4.79 Å². The van der Waals surface area contributed by atoms with Gasteiger partial charge >= 0.3 is 0 Å². The number of ether oxygens (including phenoxy) is 2. The number of carbonyl (C=O) groups excluding carboxylic acids is 1. The fourth-order valence-electron chi connectivity index (χ4n) is 3.04. The second-order valence-electron chi connectivity index (χ2n) is 6.33. The highest BCUT2D eigenvalue weighted by molar-refractivity contribution is 5.93. The molecule has 5 nitrogen and oxygen atoms in total. The maximum absolute atomic E-state index is 12.4. The zero-order chi connectivity index (χ0) is 17.6. The first-order valence-corrected chi connectivity index (χ1v) is 8.52. The van der Waals surface area contributed by atoms with E-state index in [4.69, 9.17) is 9.47 Å². The first-order chi connectivity index (χ1) is 12.1. The summed E-state index contributed by atoms with van der Waals surface area (Å²) in [5.41, 5.74) is 1.79. The van der Waals surface area contributed by atoms with Crippen molar-refractivity contribution in [1.29, 1.82) is 0 Å². The number of hydrogen-bond acceptors (Lipinski definition) is 4. The minimum absolute atomic E-state index is 0.0377. The Balaban J connectivity index is 1.51. The number of benzene rings is 2.